The van der Waals surface area contributed by atoms with Crippen molar-refractivity contribution in [2.24, 2.45) is 10.8 Å². The first-order valence-electron chi connectivity index (χ1n) is 11.7. The monoisotopic (exact) mass is 495 g/mol. The minimum Gasteiger partial charge on any atom is -0.452 e. The summed E-state index contributed by atoms with van der Waals surface area (Å²) in [6.45, 7) is 6.87. The van der Waals surface area contributed by atoms with E-state index in [1.807, 2.05) is 30.3 Å². The molecule has 1 aromatic heterocycles. The Morgan fingerprint density at radius 1 is 1.09 bits per heavy atom. The second-order valence-corrected chi connectivity index (χ2v) is 12.6. The Balaban J connectivity index is 1.29. The zero-order valence-corrected chi connectivity index (χ0v) is 20.9. The first-order valence-corrected chi connectivity index (χ1v) is 13.2. The van der Waals surface area contributed by atoms with Gasteiger partial charge >= 0.3 is 5.97 Å². The van der Waals surface area contributed by atoms with Crippen LogP contribution in [0.1, 0.15) is 56.3 Å². The highest BCUT2D eigenvalue weighted by molar-refractivity contribution is 7.89. The molecule has 9 heteroatoms. The molecule has 184 valence electrons. The average Bonchev–Trinajstić information content (AvgIpc) is 3.39. The first-order chi connectivity index (χ1) is 16.5. The van der Waals surface area contributed by atoms with Crippen LogP contribution in [0.15, 0.2) is 63.9 Å². The summed E-state index contributed by atoms with van der Waals surface area (Å²) < 4.78 is 39.7. The third-order valence-corrected chi connectivity index (χ3v) is 8.75. The lowest BCUT2D eigenvalue weighted by atomic mass is 9.65. The quantitative estimate of drug-likeness (QED) is 0.457. The molecule has 3 aromatic rings. The van der Waals surface area contributed by atoms with Crippen molar-refractivity contribution in [3.63, 3.8) is 0 Å². The van der Waals surface area contributed by atoms with Crippen LogP contribution in [0.5, 0.6) is 0 Å². The van der Waals surface area contributed by atoms with Crippen molar-refractivity contribution < 1.29 is 22.4 Å². The molecule has 1 saturated carbocycles. The van der Waals surface area contributed by atoms with Crippen molar-refractivity contribution in [3.8, 4) is 11.5 Å². The second-order valence-electron chi connectivity index (χ2n) is 10.7. The highest BCUT2D eigenvalue weighted by atomic mass is 32.2. The van der Waals surface area contributed by atoms with Crippen LogP contribution in [-0.4, -0.2) is 41.5 Å². The summed E-state index contributed by atoms with van der Waals surface area (Å²) in [5.41, 5.74) is 0.989. The number of hydrogen-bond acceptors (Lipinski definition) is 7. The summed E-state index contributed by atoms with van der Waals surface area (Å²) in [4.78, 5) is 12.8. The van der Waals surface area contributed by atoms with Gasteiger partial charge in [0.1, 0.15) is 0 Å². The molecule has 2 atom stereocenters. The van der Waals surface area contributed by atoms with Crippen LogP contribution in [0.2, 0.25) is 0 Å². The Hall–Kier alpha value is -3.04. The van der Waals surface area contributed by atoms with Gasteiger partial charge in [-0.25, -0.2) is 13.2 Å². The number of benzene rings is 2. The minimum absolute atomic E-state index is 0.0271. The molecular weight excluding hydrogens is 466 g/mol. The predicted molar refractivity (Wildman–Crippen MR) is 129 cm³/mol. The van der Waals surface area contributed by atoms with Gasteiger partial charge in [-0.2, -0.15) is 4.31 Å². The molecule has 0 radical (unpaired) electrons. The van der Waals surface area contributed by atoms with Crippen LogP contribution in [0.4, 0.5) is 0 Å². The number of sulfonamides is 1. The van der Waals surface area contributed by atoms with Crippen LogP contribution in [0.25, 0.3) is 11.5 Å². The molecule has 8 nitrogen and oxygen atoms in total. The van der Waals surface area contributed by atoms with Gasteiger partial charge in [0.2, 0.25) is 15.9 Å². The number of carbonyl (C=O) groups is 1. The Bertz CT molecular complexity index is 1350. The topological polar surface area (TPSA) is 103 Å². The molecule has 2 heterocycles. The highest BCUT2D eigenvalue weighted by Gasteiger charge is 2.53. The molecule has 2 aliphatic rings. The molecule has 2 fully saturated rings. The molecule has 2 bridgehead atoms. The van der Waals surface area contributed by atoms with Gasteiger partial charge in [0.15, 0.2) is 6.61 Å². The number of rotatable bonds is 6. The van der Waals surface area contributed by atoms with Crippen molar-refractivity contribution in [2.45, 2.75) is 57.6 Å². The van der Waals surface area contributed by atoms with Crippen LogP contribution in [0, 0.1) is 10.8 Å². The van der Waals surface area contributed by atoms with E-state index in [0.717, 1.165) is 24.8 Å². The summed E-state index contributed by atoms with van der Waals surface area (Å²) in [5, 5.41) is 7.90. The van der Waals surface area contributed by atoms with Gasteiger partial charge in [-0.05, 0) is 60.4 Å². The summed E-state index contributed by atoms with van der Waals surface area (Å²) in [5.74, 6) is -0.173. The van der Waals surface area contributed by atoms with E-state index < -0.39 is 16.0 Å². The summed E-state index contributed by atoms with van der Waals surface area (Å²) >= 11 is 0. The van der Waals surface area contributed by atoms with Gasteiger partial charge in [0.05, 0.1) is 10.5 Å². The van der Waals surface area contributed by atoms with E-state index in [1.54, 1.807) is 10.4 Å². The predicted octanol–water partition coefficient (Wildman–Crippen LogP) is 4.68. The summed E-state index contributed by atoms with van der Waals surface area (Å²) in [7, 11) is -3.75. The lowest BCUT2D eigenvalue weighted by molar-refractivity contribution is 0.0438. The molecule has 35 heavy (non-hydrogen) atoms. The van der Waals surface area contributed by atoms with E-state index in [0.29, 0.717) is 12.4 Å². The molecule has 0 N–H and O–H groups in total. The summed E-state index contributed by atoms with van der Waals surface area (Å²) in [6.07, 6.45) is 2.70. The number of nitrogens with zero attached hydrogens (tertiary/aromatic N) is 3. The summed E-state index contributed by atoms with van der Waals surface area (Å²) in [6, 6.07) is 15.3. The number of aromatic nitrogens is 2. The van der Waals surface area contributed by atoms with Crippen LogP contribution in [-0.2, 0) is 21.4 Å². The fourth-order valence-electron chi connectivity index (χ4n) is 5.83. The Morgan fingerprint density at radius 2 is 1.86 bits per heavy atom. The SMILES string of the molecule is CC1(C)C[C@H]2C[C@@](C)(CN2S(=O)(=O)c2cccc(C(=O)OCc3nnc(-c4ccccc4)o3)c2)C1. The van der Waals surface area contributed by atoms with Crippen molar-refractivity contribution >= 4 is 16.0 Å². The first kappa shape index (κ1) is 23.7. The fourth-order valence-corrected chi connectivity index (χ4v) is 7.65. The number of fused-ring (bicyclic) bond motifs is 2. The van der Waals surface area contributed by atoms with E-state index in [9.17, 15) is 13.2 Å². The van der Waals surface area contributed by atoms with Gasteiger partial charge < -0.3 is 9.15 Å². The van der Waals surface area contributed by atoms with E-state index in [1.165, 1.54) is 18.2 Å². The van der Waals surface area contributed by atoms with Crippen molar-refractivity contribution in [1.29, 1.82) is 0 Å². The largest absolute Gasteiger partial charge is 0.452 e. The zero-order chi connectivity index (χ0) is 24.8. The van der Waals surface area contributed by atoms with Gasteiger partial charge in [0.25, 0.3) is 5.89 Å². The molecule has 1 aliphatic carbocycles. The molecule has 5 rings (SSSR count). The number of carbonyl (C=O) groups excluding carboxylic acids is 1. The molecule has 1 saturated heterocycles. The third-order valence-electron chi connectivity index (χ3n) is 6.86. The van der Waals surface area contributed by atoms with Gasteiger partial charge in [-0.15, -0.1) is 10.2 Å². The number of esters is 1. The standard InChI is InChI=1S/C26H29N3O5S/c1-25(2)13-20-14-26(3,16-25)17-29(20)35(31,32)21-11-7-10-19(12-21)24(30)33-15-22-27-28-23(34-22)18-8-5-4-6-9-18/h4-12,20H,13-17H2,1-3H3/t20-,26+/m0/s1. The van der Waals surface area contributed by atoms with E-state index in [2.05, 4.69) is 31.0 Å². The van der Waals surface area contributed by atoms with E-state index in [4.69, 9.17) is 9.15 Å². The third kappa shape index (κ3) is 4.75. The fraction of sp³-hybridized carbons (Fsp3) is 0.423. The molecular formula is C26H29N3O5S. The van der Waals surface area contributed by atoms with Crippen molar-refractivity contribution in [2.75, 3.05) is 6.54 Å². The minimum atomic E-state index is -3.75. The van der Waals surface area contributed by atoms with Gasteiger partial charge in [0, 0.05) is 18.2 Å². The lowest BCUT2D eigenvalue weighted by Crippen LogP contribution is -2.37. The second kappa shape index (κ2) is 8.57. The number of ether oxygens (including phenoxy) is 1. The van der Waals surface area contributed by atoms with E-state index >= 15 is 0 Å². The maximum Gasteiger partial charge on any atom is 0.338 e. The maximum absolute atomic E-state index is 13.6. The van der Waals surface area contributed by atoms with Crippen molar-refractivity contribution in [1.82, 2.24) is 14.5 Å². The average molecular weight is 496 g/mol. The van der Waals surface area contributed by atoms with Crippen LogP contribution in [0.3, 0.4) is 0 Å². The molecule has 0 unspecified atom stereocenters. The Kier molecular flexibility index (Phi) is 5.80. The van der Waals surface area contributed by atoms with Crippen molar-refractivity contribution in [3.05, 3.63) is 66.1 Å². The maximum atomic E-state index is 13.6. The molecule has 0 spiro atoms. The molecule has 1 aliphatic heterocycles. The Labute approximate surface area is 205 Å². The molecule has 2 aromatic carbocycles. The Morgan fingerprint density at radius 3 is 2.63 bits per heavy atom. The van der Waals surface area contributed by atoms with Gasteiger partial charge in [-0.3, -0.25) is 0 Å². The highest BCUT2D eigenvalue weighted by Crippen LogP contribution is 2.53. The number of hydrogen-bond donors (Lipinski definition) is 0. The molecule has 0 amide bonds. The van der Waals surface area contributed by atoms with Gasteiger partial charge in [-0.1, -0.05) is 45.0 Å². The smallest absolute Gasteiger partial charge is 0.338 e. The zero-order valence-electron chi connectivity index (χ0n) is 20.1. The normalized spacial score (nSPS) is 23.8. The van der Waals surface area contributed by atoms with Crippen LogP contribution >= 0.6 is 0 Å². The van der Waals surface area contributed by atoms with Crippen LogP contribution < -0.4 is 0 Å². The lowest BCUT2D eigenvalue weighted by Gasteiger charge is -2.39. The van der Waals surface area contributed by atoms with E-state index in [-0.39, 0.29) is 39.8 Å².